The molecule has 3 atom stereocenters. The maximum absolute atomic E-state index is 12.5. The van der Waals surface area contributed by atoms with Gasteiger partial charge in [0.05, 0.1) is 12.2 Å². The van der Waals surface area contributed by atoms with Crippen molar-refractivity contribution in [3.8, 4) is 11.5 Å². The first-order chi connectivity index (χ1) is 11.5. The Morgan fingerprint density at radius 2 is 1.79 bits per heavy atom. The lowest BCUT2D eigenvalue weighted by Gasteiger charge is -2.16. The van der Waals surface area contributed by atoms with Crippen LogP contribution in [-0.2, 0) is 14.3 Å². The number of carbonyl (C=O) groups is 2. The van der Waals surface area contributed by atoms with Crippen LogP contribution in [0.1, 0.15) is 67.5 Å². The average molecular weight is 334 g/mol. The number of ketones is 1. The molecule has 3 rings (SSSR count). The second-order valence-corrected chi connectivity index (χ2v) is 6.56. The third kappa shape index (κ3) is 3.70. The number of phenols is 2. The molecule has 0 amide bonds. The molecule has 6 heteroatoms. The highest BCUT2D eigenvalue weighted by Gasteiger charge is 2.43. The number of fused-ring (bicyclic) bond motifs is 3. The molecule has 6 nitrogen and oxygen atoms in total. The number of rotatable bonds is 0. The number of Topliss-reactive ketones (excluding diaryl/α,β-unsaturated/α-hetero) is 1. The highest BCUT2D eigenvalue weighted by atomic mass is 16.6. The fraction of sp³-hybridized carbons (Fsp3) is 0.556. The van der Waals surface area contributed by atoms with Gasteiger partial charge in [0, 0.05) is 24.5 Å². The van der Waals surface area contributed by atoms with Gasteiger partial charge in [-0.25, -0.2) is 4.79 Å². The van der Waals surface area contributed by atoms with Crippen LogP contribution in [0.3, 0.4) is 0 Å². The van der Waals surface area contributed by atoms with Crippen molar-refractivity contribution in [1.82, 2.24) is 0 Å². The van der Waals surface area contributed by atoms with Crippen LogP contribution in [0.5, 0.6) is 11.5 Å². The molecule has 130 valence electrons. The molecule has 2 N–H and O–H groups in total. The normalized spacial score (nSPS) is 28.3. The first-order valence-corrected chi connectivity index (χ1v) is 8.39. The van der Waals surface area contributed by atoms with Gasteiger partial charge in [-0.15, -0.1) is 0 Å². The fourth-order valence-corrected chi connectivity index (χ4v) is 3.23. The van der Waals surface area contributed by atoms with E-state index >= 15 is 0 Å². The molecular weight excluding hydrogens is 312 g/mol. The minimum atomic E-state index is -0.632. The second-order valence-electron chi connectivity index (χ2n) is 6.56. The van der Waals surface area contributed by atoms with Crippen molar-refractivity contribution in [3.63, 3.8) is 0 Å². The topological polar surface area (TPSA) is 96.4 Å². The highest BCUT2D eigenvalue weighted by Crippen LogP contribution is 2.46. The second kappa shape index (κ2) is 6.81. The molecule has 0 saturated carbocycles. The smallest absolute Gasteiger partial charge is 0.342 e. The molecule has 1 saturated heterocycles. The fourth-order valence-electron chi connectivity index (χ4n) is 3.23. The molecule has 0 spiro atoms. The number of cyclic esters (lactones) is 1. The minimum absolute atomic E-state index is 0.0558. The molecule has 0 unspecified atom stereocenters. The maximum Gasteiger partial charge on any atom is 0.342 e. The van der Waals surface area contributed by atoms with Gasteiger partial charge in [-0.2, -0.15) is 0 Å². The predicted octanol–water partition coefficient (Wildman–Crippen LogP) is 3.01. The Morgan fingerprint density at radius 3 is 2.54 bits per heavy atom. The summed E-state index contributed by atoms with van der Waals surface area (Å²) in [4.78, 5) is 24.3. The predicted molar refractivity (Wildman–Crippen MR) is 85.0 cm³/mol. The molecule has 0 radical (unpaired) electrons. The van der Waals surface area contributed by atoms with Crippen molar-refractivity contribution in [2.45, 2.75) is 63.8 Å². The zero-order valence-electron chi connectivity index (χ0n) is 13.7. The number of aromatic hydroxyl groups is 2. The van der Waals surface area contributed by atoms with Crippen LogP contribution in [0.15, 0.2) is 12.1 Å². The molecule has 24 heavy (non-hydrogen) atoms. The summed E-state index contributed by atoms with van der Waals surface area (Å²) in [6.07, 6.45) is 2.90. The van der Waals surface area contributed by atoms with E-state index in [2.05, 4.69) is 0 Å². The maximum atomic E-state index is 12.5. The van der Waals surface area contributed by atoms with Gasteiger partial charge in [-0.05, 0) is 38.7 Å². The minimum Gasteiger partial charge on any atom is -0.508 e. The number of hydrogen-bond acceptors (Lipinski definition) is 6. The van der Waals surface area contributed by atoms with Crippen LogP contribution in [0.25, 0.3) is 0 Å². The number of phenolic OH excluding ortho intramolecular Hbond substituents is 2. The molecule has 2 aliphatic rings. The van der Waals surface area contributed by atoms with Crippen molar-refractivity contribution in [2.24, 2.45) is 0 Å². The molecular formula is C18H22O6. The Labute approximate surface area is 140 Å². The van der Waals surface area contributed by atoms with E-state index in [-0.39, 0.29) is 41.2 Å². The summed E-state index contributed by atoms with van der Waals surface area (Å²) in [5.74, 6) is -0.845. The van der Waals surface area contributed by atoms with Gasteiger partial charge in [-0.3, -0.25) is 4.79 Å². The summed E-state index contributed by atoms with van der Waals surface area (Å²) in [6, 6.07) is 2.56. The lowest BCUT2D eigenvalue weighted by molar-refractivity contribution is -0.119. The van der Waals surface area contributed by atoms with Crippen molar-refractivity contribution in [1.29, 1.82) is 0 Å². The lowest BCUT2D eigenvalue weighted by Crippen LogP contribution is -2.17. The first-order valence-electron chi connectivity index (χ1n) is 8.39. The van der Waals surface area contributed by atoms with E-state index in [4.69, 9.17) is 9.47 Å². The number of hydrogen-bond donors (Lipinski definition) is 2. The lowest BCUT2D eigenvalue weighted by atomic mass is 9.98. The summed E-state index contributed by atoms with van der Waals surface area (Å²) in [7, 11) is 0. The van der Waals surface area contributed by atoms with Gasteiger partial charge in [0.2, 0.25) is 0 Å². The monoisotopic (exact) mass is 334 g/mol. The van der Waals surface area contributed by atoms with Gasteiger partial charge in [0.1, 0.15) is 28.9 Å². The van der Waals surface area contributed by atoms with Crippen LogP contribution in [0, 0.1) is 0 Å². The van der Waals surface area contributed by atoms with E-state index in [0.29, 0.717) is 37.7 Å². The Balaban J connectivity index is 1.89. The van der Waals surface area contributed by atoms with E-state index in [1.807, 2.05) is 0 Å². The van der Waals surface area contributed by atoms with Gasteiger partial charge >= 0.3 is 5.97 Å². The van der Waals surface area contributed by atoms with E-state index in [1.165, 1.54) is 6.07 Å². The number of carbonyl (C=O) groups excluding carboxylic acids is 2. The molecule has 1 aromatic carbocycles. The van der Waals surface area contributed by atoms with Crippen molar-refractivity contribution in [3.05, 3.63) is 23.3 Å². The highest BCUT2D eigenvalue weighted by molar-refractivity contribution is 5.95. The van der Waals surface area contributed by atoms with Crippen LogP contribution in [-0.4, -0.2) is 34.2 Å². The third-order valence-corrected chi connectivity index (χ3v) is 4.54. The number of ether oxygens (including phenoxy) is 2. The largest absolute Gasteiger partial charge is 0.508 e. The zero-order chi connectivity index (χ0) is 17.3. The van der Waals surface area contributed by atoms with E-state index < -0.39 is 5.97 Å². The van der Waals surface area contributed by atoms with Crippen molar-refractivity contribution < 1.29 is 29.3 Å². The average Bonchev–Trinajstić information content (AvgIpc) is 3.24. The first kappa shape index (κ1) is 16.8. The molecule has 1 fully saturated rings. The van der Waals surface area contributed by atoms with Crippen LogP contribution >= 0.6 is 0 Å². The SMILES string of the molecule is C[C@H]1CCCC(=O)CCC[C@H]2O[C@@H]2c2cc(O)cc(O)c2C(=O)O1. The van der Waals surface area contributed by atoms with Crippen molar-refractivity contribution >= 4 is 11.8 Å². The summed E-state index contributed by atoms with van der Waals surface area (Å²) >= 11 is 0. The quantitative estimate of drug-likeness (QED) is 0.559. The third-order valence-electron chi connectivity index (χ3n) is 4.54. The summed E-state index contributed by atoms with van der Waals surface area (Å²) in [5, 5.41) is 19.8. The van der Waals surface area contributed by atoms with Gasteiger partial charge in [0.15, 0.2) is 0 Å². The van der Waals surface area contributed by atoms with E-state index in [9.17, 15) is 19.8 Å². The van der Waals surface area contributed by atoms with Gasteiger partial charge < -0.3 is 19.7 Å². The molecule has 0 bridgehead atoms. The van der Waals surface area contributed by atoms with Crippen LogP contribution in [0.2, 0.25) is 0 Å². The molecule has 1 aromatic rings. The number of benzene rings is 1. The van der Waals surface area contributed by atoms with E-state index in [0.717, 1.165) is 12.5 Å². The van der Waals surface area contributed by atoms with Crippen LogP contribution < -0.4 is 0 Å². The molecule has 0 aromatic heterocycles. The summed E-state index contributed by atoms with van der Waals surface area (Å²) in [6.45, 7) is 1.77. The molecule has 2 aliphatic heterocycles. The Hall–Kier alpha value is -2.08. The van der Waals surface area contributed by atoms with Gasteiger partial charge in [-0.1, -0.05) is 0 Å². The van der Waals surface area contributed by atoms with Crippen LogP contribution in [0.4, 0.5) is 0 Å². The molecule has 2 heterocycles. The number of esters is 1. The Morgan fingerprint density at radius 1 is 1.08 bits per heavy atom. The van der Waals surface area contributed by atoms with Gasteiger partial charge in [0.25, 0.3) is 0 Å². The standard InChI is InChI=1S/C18H22O6/c1-10-4-2-5-11(19)6-3-7-15-17(24-15)13-8-12(20)9-14(21)16(13)18(22)23-10/h8-10,15,17,20-21H,2-7H2,1H3/t10-,15+,17+/m0/s1. The Bertz CT molecular complexity index is 653. The summed E-state index contributed by atoms with van der Waals surface area (Å²) in [5.41, 5.74) is 0.498. The van der Waals surface area contributed by atoms with E-state index in [1.54, 1.807) is 6.92 Å². The Kier molecular flexibility index (Phi) is 4.76. The number of epoxide rings is 1. The summed E-state index contributed by atoms with van der Waals surface area (Å²) < 4.78 is 11.0. The van der Waals surface area contributed by atoms with Crippen molar-refractivity contribution in [2.75, 3.05) is 0 Å². The molecule has 0 aliphatic carbocycles. The zero-order valence-corrected chi connectivity index (χ0v) is 13.7.